The zero-order chi connectivity index (χ0) is 14.5. The molecule has 0 bridgehead atoms. The van der Waals surface area contributed by atoms with Crippen molar-refractivity contribution >= 4 is 28.6 Å². The summed E-state index contributed by atoms with van der Waals surface area (Å²) in [6.07, 6.45) is 0. The Balaban J connectivity index is 2.07. The molecule has 2 aromatic rings. The molecule has 1 aromatic carbocycles. The van der Waals surface area contributed by atoms with Crippen LogP contribution in [0, 0.1) is 6.92 Å². The Bertz CT molecular complexity index is 568. The lowest BCUT2D eigenvalue weighted by molar-refractivity contribution is 0.726. The Labute approximate surface area is 129 Å². The third kappa shape index (κ3) is 3.95. The third-order valence-corrected chi connectivity index (χ3v) is 4.19. The van der Waals surface area contributed by atoms with Crippen LogP contribution >= 0.6 is 22.9 Å². The van der Waals surface area contributed by atoms with Crippen LogP contribution in [-0.2, 0) is 13.1 Å². The van der Waals surface area contributed by atoms with E-state index in [0.717, 1.165) is 41.0 Å². The molecule has 5 heteroatoms. The molecule has 1 N–H and O–H groups in total. The number of aryl methyl sites for hydroxylation is 1. The molecule has 0 spiro atoms. The highest BCUT2D eigenvalue weighted by Gasteiger charge is 2.09. The molecule has 0 atom stereocenters. The first-order chi connectivity index (χ1) is 9.60. The topological polar surface area (TPSA) is 28.2 Å². The number of thiazole rings is 1. The minimum atomic E-state index is 0.774. The van der Waals surface area contributed by atoms with Gasteiger partial charge in [0.25, 0.3) is 0 Å². The second-order valence-electron chi connectivity index (χ2n) is 4.78. The molecule has 20 heavy (non-hydrogen) atoms. The fourth-order valence-corrected chi connectivity index (χ4v) is 3.00. The van der Waals surface area contributed by atoms with Crippen LogP contribution in [0.3, 0.4) is 0 Å². The molecule has 0 aliphatic carbocycles. The van der Waals surface area contributed by atoms with Gasteiger partial charge < -0.3 is 10.2 Å². The van der Waals surface area contributed by atoms with Crippen LogP contribution in [0.25, 0.3) is 0 Å². The van der Waals surface area contributed by atoms with Crippen molar-refractivity contribution in [3.63, 3.8) is 0 Å². The van der Waals surface area contributed by atoms with E-state index >= 15 is 0 Å². The summed E-state index contributed by atoms with van der Waals surface area (Å²) in [4.78, 5) is 6.62. The van der Waals surface area contributed by atoms with Crippen molar-refractivity contribution in [1.29, 1.82) is 0 Å². The number of nitrogens with one attached hydrogen (secondary N) is 1. The Kier molecular flexibility index (Phi) is 5.40. The van der Waals surface area contributed by atoms with Crippen molar-refractivity contribution in [1.82, 2.24) is 10.3 Å². The van der Waals surface area contributed by atoms with Crippen LogP contribution < -0.4 is 10.2 Å². The normalized spacial score (nSPS) is 10.8. The second kappa shape index (κ2) is 7.07. The van der Waals surface area contributed by atoms with E-state index in [1.165, 1.54) is 5.56 Å². The number of rotatable bonds is 6. The first kappa shape index (κ1) is 15.3. The Hall–Kier alpha value is -1.10. The number of hydrogen-bond donors (Lipinski definition) is 1. The Morgan fingerprint density at radius 3 is 2.80 bits per heavy atom. The SMILES string of the molecule is CCNCc1ccc(N(C)Cc2csc(C)n2)c(Cl)c1. The molecule has 1 aromatic heterocycles. The van der Waals surface area contributed by atoms with Crippen LogP contribution in [0.5, 0.6) is 0 Å². The van der Waals surface area contributed by atoms with Gasteiger partial charge in [-0.1, -0.05) is 24.6 Å². The predicted molar refractivity (Wildman–Crippen MR) is 87.8 cm³/mol. The Morgan fingerprint density at radius 2 is 2.20 bits per heavy atom. The molecule has 1 heterocycles. The lowest BCUT2D eigenvalue weighted by Gasteiger charge is -2.20. The summed E-state index contributed by atoms with van der Waals surface area (Å²) in [6, 6.07) is 6.23. The summed E-state index contributed by atoms with van der Waals surface area (Å²) in [7, 11) is 2.04. The summed E-state index contributed by atoms with van der Waals surface area (Å²) < 4.78 is 0. The van der Waals surface area contributed by atoms with Crippen LogP contribution in [0.1, 0.15) is 23.2 Å². The van der Waals surface area contributed by atoms with Gasteiger partial charge in [-0.05, 0) is 31.2 Å². The Morgan fingerprint density at radius 1 is 1.40 bits per heavy atom. The van der Waals surface area contributed by atoms with Gasteiger partial charge in [-0.3, -0.25) is 0 Å². The molecular weight excluding hydrogens is 290 g/mol. The van der Waals surface area contributed by atoms with Crippen LogP contribution in [0.4, 0.5) is 5.69 Å². The van der Waals surface area contributed by atoms with Gasteiger partial charge in [0.1, 0.15) is 0 Å². The highest BCUT2D eigenvalue weighted by Crippen LogP contribution is 2.27. The van der Waals surface area contributed by atoms with Gasteiger partial charge in [-0.15, -0.1) is 11.3 Å². The molecule has 0 aliphatic rings. The molecule has 3 nitrogen and oxygen atoms in total. The third-order valence-electron chi connectivity index (χ3n) is 3.07. The van der Waals surface area contributed by atoms with E-state index < -0.39 is 0 Å². The number of nitrogens with zero attached hydrogens (tertiary/aromatic N) is 2. The maximum absolute atomic E-state index is 6.39. The smallest absolute Gasteiger partial charge is 0.0898 e. The van der Waals surface area contributed by atoms with Crippen molar-refractivity contribution in [2.75, 3.05) is 18.5 Å². The number of anilines is 1. The average molecular weight is 310 g/mol. The molecule has 0 fully saturated rings. The lowest BCUT2D eigenvalue weighted by Crippen LogP contribution is -2.17. The molecule has 0 saturated heterocycles. The van der Waals surface area contributed by atoms with Gasteiger partial charge in [-0.2, -0.15) is 0 Å². The van der Waals surface area contributed by atoms with E-state index in [1.807, 2.05) is 20.0 Å². The minimum Gasteiger partial charge on any atom is -0.367 e. The fourth-order valence-electron chi connectivity index (χ4n) is 2.05. The first-order valence-corrected chi connectivity index (χ1v) is 7.97. The van der Waals surface area contributed by atoms with E-state index in [9.17, 15) is 0 Å². The van der Waals surface area contributed by atoms with Gasteiger partial charge in [0.15, 0.2) is 0 Å². The van der Waals surface area contributed by atoms with E-state index in [1.54, 1.807) is 11.3 Å². The van der Waals surface area contributed by atoms with Crippen LogP contribution in [0.2, 0.25) is 5.02 Å². The van der Waals surface area contributed by atoms with Gasteiger partial charge in [0.2, 0.25) is 0 Å². The van der Waals surface area contributed by atoms with Crippen molar-refractivity contribution in [3.8, 4) is 0 Å². The zero-order valence-electron chi connectivity index (χ0n) is 12.1. The maximum atomic E-state index is 6.39. The van der Waals surface area contributed by atoms with Crippen molar-refractivity contribution in [2.24, 2.45) is 0 Å². The molecule has 0 radical (unpaired) electrons. The van der Waals surface area contributed by atoms with E-state index in [4.69, 9.17) is 11.6 Å². The van der Waals surface area contributed by atoms with Crippen molar-refractivity contribution < 1.29 is 0 Å². The summed E-state index contributed by atoms with van der Waals surface area (Å²) in [6.45, 7) is 6.71. The predicted octanol–water partition coefficient (Wildman–Crippen LogP) is 3.85. The van der Waals surface area contributed by atoms with Crippen molar-refractivity contribution in [3.05, 3.63) is 44.9 Å². The summed E-state index contributed by atoms with van der Waals surface area (Å²) in [5.74, 6) is 0. The van der Waals surface area contributed by atoms with Crippen LogP contribution in [-0.4, -0.2) is 18.6 Å². The molecule has 0 saturated carbocycles. The summed E-state index contributed by atoms with van der Waals surface area (Å²) in [5, 5.41) is 7.28. The number of aromatic nitrogens is 1. The average Bonchev–Trinajstić information content (AvgIpc) is 2.81. The second-order valence-corrected chi connectivity index (χ2v) is 6.25. The first-order valence-electron chi connectivity index (χ1n) is 6.71. The molecule has 0 amide bonds. The molecule has 0 aliphatic heterocycles. The number of hydrogen-bond acceptors (Lipinski definition) is 4. The summed E-state index contributed by atoms with van der Waals surface area (Å²) >= 11 is 8.07. The summed E-state index contributed by atoms with van der Waals surface area (Å²) in [5.41, 5.74) is 3.33. The van der Waals surface area contributed by atoms with E-state index in [2.05, 4.69) is 39.6 Å². The largest absolute Gasteiger partial charge is 0.367 e. The van der Waals surface area contributed by atoms with Gasteiger partial charge in [-0.25, -0.2) is 4.98 Å². The van der Waals surface area contributed by atoms with Gasteiger partial charge in [0.05, 0.1) is 28.0 Å². The zero-order valence-corrected chi connectivity index (χ0v) is 13.7. The van der Waals surface area contributed by atoms with E-state index in [0.29, 0.717) is 0 Å². The van der Waals surface area contributed by atoms with Crippen LogP contribution in [0.15, 0.2) is 23.6 Å². The van der Waals surface area contributed by atoms with Crippen molar-refractivity contribution in [2.45, 2.75) is 26.9 Å². The molecule has 108 valence electrons. The van der Waals surface area contributed by atoms with E-state index in [-0.39, 0.29) is 0 Å². The maximum Gasteiger partial charge on any atom is 0.0898 e. The molecular formula is C15H20ClN3S. The number of halogens is 1. The highest BCUT2D eigenvalue weighted by molar-refractivity contribution is 7.09. The fraction of sp³-hybridized carbons (Fsp3) is 0.400. The lowest BCUT2D eigenvalue weighted by atomic mass is 10.2. The molecule has 0 unspecified atom stereocenters. The highest BCUT2D eigenvalue weighted by atomic mass is 35.5. The number of benzene rings is 1. The monoisotopic (exact) mass is 309 g/mol. The van der Waals surface area contributed by atoms with Gasteiger partial charge >= 0.3 is 0 Å². The quantitative estimate of drug-likeness (QED) is 0.878. The van der Waals surface area contributed by atoms with Gasteiger partial charge in [0, 0.05) is 19.0 Å². The minimum absolute atomic E-state index is 0.774. The standard InChI is InChI=1S/C15H20ClN3S/c1-4-17-8-12-5-6-15(14(16)7-12)19(3)9-13-10-20-11(2)18-13/h5-7,10,17H,4,8-9H2,1-3H3. The molecule has 2 rings (SSSR count).